The molecule has 0 heterocycles. The molecule has 5 heteroatoms. The Kier molecular flexibility index (Phi) is 4.27. The van der Waals surface area contributed by atoms with Gasteiger partial charge in [-0.2, -0.15) is 0 Å². The lowest BCUT2D eigenvalue weighted by Gasteiger charge is -2.19. The molecule has 0 radical (unpaired) electrons. The van der Waals surface area contributed by atoms with Gasteiger partial charge in [0.15, 0.2) is 0 Å². The molecule has 0 aliphatic rings. The molecule has 0 saturated carbocycles. The van der Waals surface area contributed by atoms with Crippen LogP contribution in [-0.2, 0) is 0 Å². The van der Waals surface area contributed by atoms with Gasteiger partial charge in [0.1, 0.15) is 5.75 Å². The van der Waals surface area contributed by atoms with Gasteiger partial charge >= 0.3 is 0 Å². The van der Waals surface area contributed by atoms with Gasteiger partial charge in [-0.3, -0.25) is 5.84 Å². The molecule has 0 fully saturated rings. The van der Waals surface area contributed by atoms with Crippen LogP contribution in [0.2, 0.25) is 5.02 Å². The molecule has 2 rings (SSSR count). The first-order valence-corrected chi connectivity index (χ1v) is 6.18. The highest BCUT2D eigenvalue weighted by molar-refractivity contribution is 6.30. The van der Waals surface area contributed by atoms with Gasteiger partial charge in [-0.15, -0.1) is 0 Å². The highest BCUT2D eigenvalue weighted by atomic mass is 35.5. The molecule has 0 amide bonds. The molecule has 4 nitrogen and oxygen atoms in total. The van der Waals surface area contributed by atoms with Crippen molar-refractivity contribution in [2.24, 2.45) is 5.84 Å². The lowest BCUT2D eigenvalue weighted by molar-refractivity contribution is 0.414. The zero-order valence-corrected chi connectivity index (χ0v) is 11.3. The van der Waals surface area contributed by atoms with Crippen LogP contribution in [0, 0.1) is 0 Å². The van der Waals surface area contributed by atoms with Crippen LogP contribution in [0.1, 0.15) is 17.2 Å². The van der Waals surface area contributed by atoms with Gasteiger partial charge in [0.25, 0.3) is 0 Å². The summed E-state index contributed by atoms with van der Waals surface area (Å²) in [5.74, 6) is 6.44. The normalized spacial score (nSPS) is 12.2. The second kappa shape index (κ2) is 5.93. The zero-order chi connectivity index (χ0) is 13.8. The van der Waals surface area contributed by atoms with E-state index in [0.29, 0.717) is 10.7 Å². The van der Waals surface area contributed by atoms with Gasteiger partial charge < -0.3 is 10.5 Å². The molecule has 0 aliphatic heterocycles. The Hall–Kier alpha value is -1.75. The molecule has 5 N–H and O–H groups in total. The number of nitrogen functional groups attached to an aromatic ring is 1. The van der Waals surface area contributed by atoms with Crippen LogP contribution in [0.4, 0.5) is 5.69 Å². The van der Waals surface area contributed by atoms with Crippen LogP contribution in [0.15, 0.2) is 42.5 Å². The zero-order valence-electron chi connectivity index (χ0n) is 10.6. The Bertz CT molecular complexity index is 557. The Morgan fingerprint density at radius 3 is 2.37 bits per heavy atom. The van der Waals surface area contributed by atoms with E-state index in [1.165, 1.54) is 0 Å². The summed E-state index contributed by atoms with van der Waals surface area (Å²) >= 11 is 5.90. The Morgan fingerprint density at radius 2 is 1.84 bits per heavy atom. The maximum atomic E-state index is 5.99. The first-order chi connectivity index (χ1) is 9.15. The molecule has 100 valence electrons. The topological polar surface area (TPSA) is 73.3 Å². The fraction of sp³-hybridized carbons (Fsp3) is 0.143. The first kappa shape index (κ1) is 13.7. The van der Waals surface area contributed by atoms with Crippen LogP contribution in [0.3, 0.4) is 0 Å². The van der Waals surface area contributed by atoms with Crippen molar-refractivity contribution in [2.75, 3.05) is 12.8 Å². The van der Waals surface area contributed by atoms with Crippen LogP contribution in [0.25, 0.3) is 0 Å². The van der Waals surface area contributed by atoms with Crippen molar-refractivity contribution in [1.29, 1.82) is 0 Å². The highest BCUT2D eigenvalue weighted by Gasteiger charge is 2.15. The Balaban J connectivity index is 2.37. The molecule has 0 bridgehead atoms. The molecule has 19 heavy (non-hydrogen) atoms. The van der Waals surface area contributed by atoms with E-state index in [2.05, 4.69) is 5.43 Å². The van der Waals surface area contributed by atoms with Gasteiger partial charge in [0, 0.05) is 10.7 Å². The van der Waals surface area contributed by atoms with Gasteiger partial charge in [0.2, 0.25) is 0 Å². The fourth-order valence-corrected chi connectivity index (χ4v) is 2.15. The molecule has 2 aromatic rings. The average molecular weight is 278 g/mol. The van der Waals surface area contributed by atoms with Crippen molar-refractivity contribution in [3.05, 3.63) is 58.6 Å². The summed E-state index contributed by atoms with van der Waals surface area (Å²) in [6, 6.07) is 12.8. The van der Waals surface area contributed by atoms with Crippen molar-refractivity contribution in [2.45, 2.75) is 6.04 Å². The third-order valence-electron chi connectivity index (χ3n) is 2.98. The lowest BCUT2D eigenvalue weighted by Crippen LogP contribution is -2.29. The summed E-state index contributed by atoms with van der Waals surface area (Å²) in [7, 11) is 1.63. The first-order valence-electron chi connectivity index (χ1n) is 5.80. The minimum Gasteiger partial charge on any atom is -0.497 e. The summed E-state index contributed by atoms with van der Waals surface area (Å²) in [6.45, 7) is 0. The third kappa shape index (κ3) is 2.98. The van der Waals surface area contributed by atoms with Crippen molar-refractivity contribution >= 4 is 17.3 Å². The molecule has 0 saturated heterocycles. The van der Waals surface area contributed by atoms with Gasteiger partial charge in [-0.25, -0.2) is 5.43 Å². The standard InChI is InChI=1S/C14H16ClN3O/c1-19-11-5-2-9(3-6-11)14(18-17)12-7-4-10(15)8-13(12)16/h2-8,14,18H,16-17H2,1H3. The van der Waals surface area contributed by atoms with Crippen molar-refractivity contribution in [3.63, 3.8) is 0 Å². The molecule has 0 aliphatic carbocycles. The van der Waals surface area contributed by atoms with Crippen LogP contribution in [-0.4, -0.2) is 7.11 Å². The number of methoxy groups -OCH3 is 1. The van der Waals surface area contributed by atoms with Crippen molar-refractivity contribution in [1.82, 2.24) is 5.43 Å². The van der Waals surface area contributed by atoms with E-state index in [0.717, 1.165) is 16.9 Å². The minimum atomic E-state index is -0.192. The minimum absolute atomic E-state index is 0.192. The average Bonchev–Trinajstić information content (AvgIpc) is 2.42. The number of ether oxygens (including phenoxy) is 1. The van der Waals surface area contributed by atoms with Gasteiger partial charge in [-0.05, 0) is 35.4 Å². The lowest BCUT2D eigenvalue weighted by atomic mass is 9.98. The molecular formula is C14H16ClN3O. The summed E-state index contributed by atoms with van der Waals surface area (Å²) < 4.78 is 5.13. The number of rotatable bonds is 4. The van der Waals surface area contributed by atoms with Gasteiger partial charge in [-0.1, -0.05) is 29.8 Å². The molecule has 1 unspecified atom stereocenters. The summed E-state index contributed by atoms with van der Waals surface area (Å²) in [4.78, 5) is 0. The van der Waals surface area contributed by atoms with Crippen LogP contribution in [0.5, 0.6) is 5.75 Å². The largest absolute Gasteiger partial charge is 0.497 e. The number of anilines is 1. The maximum absolute atomic E-state index is 5.99. The second-order valence-corrected chi connectivity index (χ2v) is 4.58. The molecule has 0 aromatic heterocycles. The molecule has 2 aromatic carbocycles. The number of hydrogen-bond donors (Lipinski definition) is 3. The van der Waals surface area contributed by atoms with E-state index in [9.17, 15) is 0 Å². The Morgan fingerprint density at radius 1 is 1.16 bits per heavy atom. The smallest absolute Gasteiger partial charge is 0.118 e. The van der Waals surface area contributed by atoms with E-state index < -0.39 is 0 Å². The van der Waals surface area contributed by atoms with E-state index in [1.54, 1.807) is 19.2 Å². The monoisotopic (exact) mass is 277 g/mol. The Labute approximate surface area is 117 Å². The molecular weight excluding hydrogens is 262 g/mol. The van der Waals surface area contributed by atoms with E-state index in [1.807, 2.05) is 30.3 Å². The quantitative estimate of drug-likeness (QED) is 0.456. The summed E-state index contributed by atoms with van der Waals surface area (Å²) in [5, 5.41) is 0.603. The van der Waals surface area contributed by atoms with Crippen LogP contribution < -0.4 is 21.7 Å². The van der Waals surface area contributed by atoms with E-state index in [-0.39, 0.29) is 6.04 Å². The summed E-state index contributed by atoms with van der Waals surface area (Å²) in [5.41, 5.74) is 11.2. The predicted octanol–water partition coefficient (Wildman–Crippen LogP) is 2.48. The SMILES string of the molecule is COc1ccc(C(NN)c2ccc(Cl)cc2N)cc1. The number of nitrogens with one attached hydrogen (secondary N) is 1. The number of halogens is 1. The highest BCUT2D eigenvalue weighted by Crippen LogP contribution is 2.29. The summed E-state index contributed by atoms with van der Waals surface area (Å²) in [6.07, 6.45) is 0. The van der Waals surface area contributed by atoms with Crippen molar-refractivity contribution < 1.29 is 4.74 Å². The number of hydrogen-bond acceptors (Lipinski definition) is 4. The molecule has 1 atom stereocenters. The fourth-order valence-electron chi connectivity index (χ4n) is 1.97. The molecule has 0 spiro atoms. The van der Waals surface area contributed by atoms with Crippen molar-refractivity contribution in [3.8, 4) is 5.75 Å². The maximum Gasteiger partial charge on any atom is 0.118 e. The van der Waals surface area contributed by atoms with Gasteiger partial charge in [0.05, 0.1) is 13.2 Å². The van der Waals surface area contributed by atoms with E-state index in [4.69, 9.17) is 27.9 Å². The third-order valence-corrected chi connectivity index (χ3v) is 3.21. The van der Waals surface area contributed by atoms with E-state index >= 15 is 0 Å². The predicted molar refractivity (Wildman–Crippen MR) is 78.0 cm³/mol. The number of hydrazine groups is 1. The number of benzene rings is 2. The second-order valence-electron chi connectivity index (χ2n) is 4.15. The van der Waals surface area contributed by atoms with Crippen LogP contribution >= 0.6 is 11.6 Å². The number of nitrogens with two attached hydrogens (primary N) is 2.